The molecule has 1 atom stereocenters. The molecule has 7 heteroatoms. The number of aromatic nitrogens is 3. The number of piperidine rings is 1. The van der Waals surface area contributed by atoms with E-state index < -0.39 is 0 Å². The number of carbonyl (C=O) groups is 1. The number of anilines is 2. The largest absolute Gasteiger partial charge is 0.497 e. The third-order valence-corrected chi connectivity index (χ3v) is 6.51. The Balaban J connectivity index is 1.36. The van der Waals surface area contributed by atoms with Crippen molar-refractivity contribution in [1.29, 1.82) is 0 Å². The molecule has 1 amide bonds. The SMILES string of the molecule is COc1ccc(-c2cc(N3CCCC(C(=O)N(Cc4ccccc4)c4ccccn4)C3)ncn2)cc1. The second-order valence-electron chi connectivity index (χ2n) is 8.87. The number of nitrogens with zero attached hydrogens (tertiary/aromatic N) is 5. The van der Waals surface area contributed by atoms with Crippen molar-refractivity contribution in [1.82, 2.24) is 15.0 Å². The predicted molar refractivity (Wildman–Crippen MR) is 141 cm³/mol. The Kier molecular flexibility index (Phi) is 7.17. The zero-order valence-electron chi connectivity index (χ0n) is 20.3. The molecule has 4 aromatic rings. The fourth-order valence-electron chi connectivity index (χ4n) is 4.60. The quantitative estimate of drug-likeness (QED) is 0.372. The van der Waals surface area contributed by atoms with Crippen molar-refractivity contribution in [2.45, 2.75) is 19.4 Å². The van der Waals surface area contributed by atoms with Crippen LogP contribution in [0.1, 0.15) is 18.4 Å². The molecule has 1 aliphatic heterocycles. The molecule has 1 unspecified atom stereocenters. The number of benzene rings is 2. The molecule has 0 spiro atoms. The number of rotatable bonds is 7. The summed E-state index contributed by atoms with van der Waals surface area (Å²) >= 11 is 0. The molecular weight excluding hydrogens is 450 g/mol. The van der Waals surface area contributed by atoms with Crippen molar-refractivity contribution in [2.24, 2.45) is 5.92 Å². The number of carbonyl (C=O) groups excluding carboxylic acids is 1. The van der Waals surface area contributed by atoms with Crippen LogP contribution in [0.15, 0.2) is 91.4 Å². The standard InChI is InChI=1S/C29H29N5O2/c1-36-25-14-12-23(13-15-25)26-18-28(32-21-31-26)33-17-7-10-24(20-33)29(35)34(27-11-5-6-16-30-27)19-22-8-3-2-4-9-22/h2-6,8-9,11-16,18,21,24H,7,10,17,19-20H2,1H3. The Morgan fingerprint density at radius 2 is 1.81 bits per heavy atom. The van der Waals surface area contributed by atoms with Crippen LogP contribution in [0.3, 0.4) is 0 Å². The Bertz CT molecular complexity index is 1280. The van der Waals surface area contributed by atoms with Gasteiger partial charge in [0.1, 0.15) is 23.7 Å². The maximum Gasteiger partial charge on any atom is 0.233 e. The van der Waals surface area contributed by atoms with Crippen LogP contribution in [0.5, 0.6) is 5.75 Å². The van der Waals surface area contributed by atoms with Crippen LogP contribution in [0.4, 0.5) is 11.6 Å². The lowest BCUT2D eigenvalue weighted by Crippen LogP contribution is -2.45. The first-order valence-electron chi connectivity index (χ1n) is 12.2. The maximum absolute atomic E-state index is 13.8. The molecule has 1 saturated heterocycles. The third-order valence-electron chi connectivity index (χ3n) is 6.51. The van der Waals surface area contributed by atoms with E-state index in [9.17, 15) is 4.79 Å². The topological polar surface area (TPSA) is 71.5 Å². The van der Waals surface area contributed by atoms with Crippen molar-refractivity contribution in [3.63, 3.8) is 0 Å². The maximum atomic E-state index is 13.8. The van der Waals surface area contributed by atoms with E-state index in [-0.39, 0.29) is 11.8 Å². The lowest BCUT2D eigenvalue weighted by Gasteiger charge is -2.35. The molecule has 3 heterocycles. The zero-order chi connectivity index (χ0) is 24.7. The molecule has 182 valence electrons. The van der Waals surface area contributed by atoms with E-state index in [2.05, 4.69) is 19.9 Å². The molecule has 0 saturated carbocycles. The number of hydrogen-bond acceptors (Lipinski definition) is 6. The first-order chi connectivity index (χ1) is 17.7. The van der Waals surface area contributed by atoms with Gasteiger partial charge in [-0.05, 0) is 54.8 Å². The smallest absolute Gasteiger partial charge is 0.233 e. The van der Waals surface area contributed by atoms with Gasteiger partial charge in [0, 0.05) is 30.9 Å². The molecule has 0 N–H and O–H groups in total. The highest BCUT2D eigenvalue weighted by atomic mass is 16.5. The summed E-state index contributed by atoms with van der Waals surface area (Å²) in [5.41, 5.74) is 2.91. The van der Waals surface area contributed by atoms with Crippen LogP contribution in [-0.4, -0.2) is 41.1 Å². The Hall–Kier alpha value is -4.26. The van der Waals surface area contributed by atoms with Gasteiger partial charge in [0.15, 0.2) is 0 Å². The first kappa shape index (κ1) is 23.5. The molecule has 7 nitrogen and oxygen atoms in total. The third kappa shape index (κ3) is 5.35. The van der Waals surface area contributed by atoms with Crippen LogP contribution in [-0.2, 0) is 11.3 Å². The minimum absolute atomic E-state index is 0.0895. The highest BCUT2D eigenvalue weighted by Crippen LogP contribution is 2.28. The summed E-state index contributed by atoms with van der Waals surface area (Å²) in [5.74, 6) is 2.25. The van der Waals surface area contributed by atoms with E-state index in [1.165, 1.54) is 0 Å². The van der Waals surface area contributed by atoms with Crippen LogP contribution in [0, 0.1) is 5.92 Å². The molecule has 1 fully saturated rings. The van der Waals surface area contributed by atoms with Crippen LogP contribution >= 0.6 is 0 Å². The highest BCUT2D eigenvalue weighted by molar-refractivity contribution is 5.94. The average Bonchev–Trinajstić information content (AvgIpc) is 2.97. The number of pyridine rings is 1. The molecule has 36 heavy (non-hydrogen) atoms. The molecule has 0 bridgehead atoms. The van der Waals surface area contributed by atoms with Gasteiger partial charge in [-0.15, -0.1) is 0 Å². The Labute approximate surface area is 211 Å². The van der Waals surface area contributed by atoms with E-state index in [0.717, 1.165) is 47.8 Å². The molecule has 2 aromatic heterocycles. The van der Waals surface area contributed by atoms with Gasteiger partial charge in [-0.1, -0.05) is 36.4 Å². The predicted octanol–water partition coefficient (Wildman–Crippen LogP) is 5.00. The summed E-state index contributed by atoms with van der Waals surface area (Å²) in [6.07, 6.45) is 5.08. The van der Waals surface area contributed by atoms with E-state index in [1.54, 1.807) is 19.6 Å². The number of ether oxygens (including phenoxy) is 1. The molecule has 2 aromatic carbocycles. The van der Waals surface area contributed by atoms with Gasteiger partial charge in [-0.2, -0.15) is 0 Å². The number of amides is 1. The van der Waals surface area contributed by atoms with E-state index in [0.29, 0.717) is 18.9 Å². The summed E-state index contributed by atoms with van der Waals surface area (Å²) in [7, 11) is 1.65. The molecule has 0 aliphatic carbocycles. The fourth-order valence-corrected chi connectivity index (χ4v) is 4.60. The van der Waals surface area contributed by atoms with Gasteiger partial charge in [0.05, 0.1) is 25.3 Å². The average molecular weight is 480 g/mol. The first-order valence-corrected chi connectivity index (χ1v) is 12.2. The Morgan fingerprint density at radius 1 is 1.00 bits per heavy atom. The minimum atomic E-state index is -0.149. The molecule has 1 aliphatic rings. The molecule has 5 rings (SSSR count). The lowest BCUT2D eigenvalue weighted by molar-refractivity contribution is -0.122. The van der Waals surface area contributed by atoms with Crippen molar-refractivity contribution in [2.75, 3.05) is 30.0 Å². The van der Waals surface area contributed by atoms with Gasteiger partial charge in [-0.3, -0.25) is 9.69 Å². The van der Waals surface area contributed by atoms with Crippen LogP contribution in [0.2, 0.25) is 0 Å². The zero-order valence-corrected chi connectivity index (χ0v) is 20.3. The Morgan fingerprint density at radius 3 is 2.56 bits per heavy atom. The second kappa shape index (κ2) is 11.0. The second-order valence-corrected chi connectivity index (χ2v) is 8.87. The van der Waals surface area contributed by atoms with Crippen molar-refractivity contribution in [3.8, 4) is 17.0 Å². The number of methoxy groups -OCH3 is 1. The van der Waals surface area contributed by atoms with Gasteiger partial charge < -0.3 is 9.64 Å². The van der Waals surface area contributed by atoms with Crippen LogP contribution < -0.4 is 14.5 Å². The molecule has 0 radical (unpaired) electrons. The van der Waals surface area contributed by atoms with E-state index >= 15 is 0 Å². The normalized spacial score (nSPS) is 15.4. The van der Waals surface area contributed by atoms with Gasteiger partial charge >= 0.3 is 0 Å². The highest BCUT2D eigenvalue weighted by Gasteiger charge is 2.31. The summed E-state index contributed by atoms with van der Waals surface area (Å²) in [4.78, 5) is 31.3. The van der Waals surface area contributed by atoms with Gasteiger partial charge in [-0.25, -0.2) is 15.0 Å². The van der Waals surface area contributed by atoms with Crippen molar-refractivity contribution in [3.05, 3.63) is 97.0 Å². The summed E-state index contributed by atoms with van der Waals surface area (Å²) in [6, 6.07) is 25.5. The lowest BCUT2D eigenvalue weighted by atomic mass is 9.96. The van der Waals surface area contributed by atoms with E-state index in [1.807, 2.05) is 83.8 Å². The van der Waals surface area contributed by atoms with Crippen LogP contribution in [0.25, 0.3) is 11.3 Å². The number of hydrogen-bond donors (Lipinski definition) is 0. The van der Waals surface area contributed by atoms with Gasteiger partial charge in [0.25, 0.3) is 0 Å². The summed E-state index contributed by atoms with van der Waals surface area (Å²) in [5, 5.41) is 0. The monoisotopic (exact) mass is 479 g/mol. The summed E-state index contributed by atoms with van der Waals surface area (Å²) < 4.78 is 5.27. The van der Waals surface area contributed by atoms with E-state index in [4.69, 9.17) is 4.74 Å². The van der Waals surface area contributed by atoms with Crippen molar-refractivity contribution < 1.29 is 9.53 Å². The van der Waals surface area contributed by atoms with Crippen molar-refractivity contribution >= 4 is 17.5 Å². The molecular formula is C29H29N5O2. The van der Waals surface area contributed by atoms with Gasteiger partial charge in [0.2, 0.25) is 5.91 Å². The fraction of sp³-hybridized carbons (Fsp3) is 0.241. The minimum Gasteiger partial charge on any atom is -0.497 e. The summed E-state index contributed by atoms with van der Waals surface area (Å²) in [6.45, 7) is 1.95.